The van der Waals surface area contributed by atoms with E-state index in [1.165, 1.54) is 0 Å². The number of allylic oxidation sites excluding steroid dienone is 1. The molecule has 0 aromatic rings. The molecule has 0 saturated carbocycles. The minimum Gasteiger partial charge on any atom is -0.400 e. The highest BCUT2D eigenvalue weighted by Crippen LogP contribution is 2.29. The quantitative estimate of drug-likeness (QED) is 0.573. The number of ether oxygens (including phenoxy) is 1. The van der Waals surface area contributed by atoms with Crippen molar-refractivity contribution in [1.29, 1.82) is 5.53 Å². The van der Waals surface area contributed by atoms with E-state index in [1.54, 1.807) is 0 Å². The Morgan fingerprint density at radius 3 is 2.75 bits per heavy atom. The molecule has 4 atom stereocenters. The summed E-state index contributed by atoms with van der Waals surface area (Å²) in [5.41, 5.74) is 9.10. The second kappa shape index (κ2) is 7.37. The van der Waals surface area contributed by atoms with E-state index in [1.807, 2.05) is 20.0 Å². The lowest BCUT2D eigenvalue weighted by molar-refractivity contribution is -0.0676. The van der Waals surface area contributed by atoms with Crippen molar-refractivity contribution in [3.63, 3.8) is 0 Å². The molecule has 0 radical (unpaired) electrons. The van der Waals surface area contributed by atoms with Crippen LogP contribution in [0.3, 0.4) is 0 Å². The average Bonchev–Trinajstić information content (AvgIpc) is 2.88. The molecule has 0 aromatic heterocycles. The first kappa shape index (κ1) is 16.6. The van der Waals surface area contributed by atoms with Crippen LogP contribution in [0.1, 0.15) is 20.3 Å². The summed E-state index contributed by atoms with van der Waals surface area (Å²) in [6.45, 7) is 7.84. The van der Waals surface area contributed by atoms with Crippen LogP contribution in [0.15, 0.2) is 29.2 Å². The van der Waals surface area contributed by atoms with Gasteiger partial charge in [-0.2, -0.15) is 5.11 Å². The van der Waals surface area contributed by atoms with Crippen molar-refractivity contribution in [1.82, 2.24) is 10.2 Å². The first-order valence-corrected chi connectivity index (χ1v) is 6.56. The van der Waals surface area contributed by atoms with E-state index >= 15 is 0 Å². The smallest absolute Gasteiger partial charge is 0.134 e. The monoisotopic (exact) mass is 284 g/mol. The molecule has 4 N–H and O–H groups in total. The number of aliphatic hydroxyl groups is 2. The fourth-order valence-corrected chi connectivity index (χ4v) is 2.39. The van der Waals surface area contributed by atoms with Crippen molar-refractivity contribution in [2.24, 2.45) is 5.11 Å². The number of nitrogens with zero attached hydrogens (tertiary/aromatic N) is 2. The van der Waals surface area contributed by atoms with Crippen molar-refractivity contribution < 1.29 is 14.9 Å². The molecule has 0 aromatic carbocycles. The molecule has 2 heterocycles. The summed E-state index contributed by atoms with van der Waals surface area (Å²) in [6, 6.07) is -0.258. The lowest BCUT2D eigenvalue weighted by Gasteiger charge is -2.38. The van der Waals surface area contributed by atoms with Gasteiger partial charge in [-0.25, -0.2) is 5.53 Å². The number of hydrogen-bond donors (Lipinski definition) is 4. The van der Waals surface area contributed by atoms with E-state index in [0.29, 0.717) is 6.42 Å². The van der Waals surface area contributed by atoms with Crippen molar-refractivity contribution in [2.75, 3.05) is 13.7 Å². The predicted octanol–water partition coefficient (Wildman–Crippen LogP) is 0.770. The third-order valence-corrected chi connectivity index (χ3v) is 3.53. The molecule has 0 bridgehead atoms. The van der Waals surface area contributed by atoms with Crippen LogP contribution in [0.25, 0.3) is 0 Å². The molecule has 2 aliphatic rings. The van der Waals surface area contributed by atoms with Crippen molar-refractivity contribution in [2.45, 2.75) is 44.8 Å². The number of rotatable bonds is 3. The van der Waals surface area contributed by atoms with Gasteiger partial charge in [-0.05, 0) is 19.4 Å². The molecule has 0 aliphatic carbocycles. The van der Waals surface area contributed by atoms with Crippen molar-refractivity contribution in [3.8, 4) is 0 Å². The van der Waals surface area contributed by atoms with E-state index in [0.717, 1.165) is 18.4 Å². The highest BCUT2D eigenvalue weighted by atomic mass is 16.5. The second-order valence-electron chi connectivity index (χ2n) is 4.80. The van der Waals surface area contributed by atoms with Gasteiger partial charge in [0.2, 0.25) is 0 Å². The first-order valence-electron chi connectivity index (χ1n) is 6.56. The molecule has 7 heteroatoms. The summed E-state index contributed by atoms with van der Waals surface area (Å²) in [7, 11) is 1.00. The molecule has 2 rings (SSSR count). The Hall–Kier alpha value is -1.44. The Balaban J connectivity index is 0.000000956. The summed E-state index contributed by atoms with van der Waals surface area (Å²) in [5.74, 6) is 0. The number of nitrogens with one attached hydrogen (secondary N) is 2. The highest BCUT2D eigenvalue weighted by molar-refractivity contribution is 5.27. The molecule has 1 saturated heterocycles. The lowest BCUT2D eigenvalue weighted by Crippen LogP contribution is -2.48. The zero-order chi connectivity index (χ0) is 15.3. The minimum absolute atomic E-state index is 0.0787. The third kappa shape index (κ3) is 3.36. The maximum Gasteiger partial charge on any atom is 0.134 e. The maximum absolute atomic E-state index is 9.21. The minimum atomic E-state index is -0.376. The Kier molecular flexibility index (Phi) is 6.12. The van der Waals surface area contributed by atoms with Crippen LogP contribution in [0, 0.1) is 5.53 Å². The molecule has 114 valence electrons. The topological polar surface area (TPSA) is 101 Å². The van der Waals surface area contributed by atoms with Crippen LogP contribution in [-0.2, 0) is 4.74 Å². The van der Waals surface area contributed by atoms with Crippen LogP contribution in [0.2, 0.25) is 0 Å². The summed E-state index contributed by atoms with van der Waals surface area (Å²) in [4.78, 5) is 2.05. The van der Waals surface area contributed by atoms with Gasteiger partial charge < -0.3 is 25.2 Å². The normalized spacial score (nSPS) is 33.0. The van der Waals surface area contributed by atoms with Crippen LogP contribution in [0.5, 0.6) is 0 Å². The lowest BCUT2D eigenvalue weighted by atomic mass is 10.1. The van der Waals surface area contributed by atoms with Crippen LogP contribution < -0.4 is 5.32 Å². The van der Waals surface area contributed by atoms with Gasteiger partial charge in [-0.15, -0.1) is 0 Å². The molecule has 1 fully saturated rings. The SMILES string of the molecule is C=C1NC(C)N(C2CC(N=N)C(CO)O2)C=C1C.CO. The summed E-state index contributed by atoms with van der Waals surface area (Å²) < 4.78 is 5.76. The molecule has 0 amide bonds. The van der Waals surface area contributed by atoms with E-state index < -0.39 is 0 Å². The third-order valence-electron chi connectivity index (χ3n) is 3.53. The largest absolute Gasteiger partial charge is 0.400 e. The Morgan fingerprint density at radius 2 is 2.25 bits per heavy atom. The molecule has 7 nitrogen and oxygen atoms in total. The second-order valence-corrected chi connectivity index (χ2v) is 4.80. The van der Waals surface area contributed by atoms with Gasteiger partial charge in [0.15, 0.2) is 0 Å². The molecule has 2 aliphatic heterocycles. The molecule has 0 spiro atoms. The maximum atomic E-state index is 9.21. The van der Waals surface area contributed by atoms with E-state index in [2.05, 4.69) is 21.9 Å². The Bertz CT molecular complexity index is 386. The van der Waals surface area contributed by atoms with Gasteiger partial charge in [-0.1, -0.05) is 6.58 Å². The summed E-state index contributed by atoms with van der Waals surface area (Å²) in [6.07, 6.45) is 2.17. The van der Waals surface area contributed by atoms with Crippen LogP contribution in [-0.4, -0.2) is 53.4 Å². The van der Waals surface area contributed by atoms with Gasteiger partial charge in [-0.3, -0.25) is 0 Å². The number of aliphatic hydroxyl groups excluding tert-OH is 2. The van der Waals surface area contributed by atoms with Gasteiger partial charge in [0.05, 0.1) is 12.8 Å². The highest BCUT2D eigenvalue weighted by Gasteiger charge is 2.39. The van der Waals surface area contributed by atoms with E-state index in [4.69, 9.17) is 15.4 Å². The molecular weight excluding hydrogens is 260 g/mol. The van der Waals surface area contributed by atoms with E-state index in [9.17, 15) is 5.11 Å². The van der Waals surface area contributed by atoms with Gasteiger partial charge >= 0.3 is 0 Å². The number of hydrogen-bond acceptors (Lipinski definition) is 7. The summed E-state index contributed by atoms with van der Waals surface area (Å²) >= 11 is 0. The Morgan fingerprint density at radius 1 is 1.60 bits per heavy atom. The molecular formula is C13H24N4O3. The van der Waals surface area contributed by atoms with Gasteiger partial charge in [0.1, 0.15) is 18.4 Å². The van der Waals surface area contributed by atoms with Gasteiger partial charge in [0.25, 0.3) is 0 Å². The molecule has 4 unspecified atom stereocenters. The predicted molar refractivity (Wildman–Crippen MR) is 74.8 cm³/mol. The van der Waals surface area contributed by atoms with Crippen LogP contribution >= 0.6 is 0 Å². The van der Waals surface area contributed by atoms with Gasteiger partial charge in [0, 0.05) is 25.4 Å². The van der Waals surface area contributed by atoms with Crippen LogP contribution in [0.4, 0.5) is 0 Å². The first-order chi connectivity index (χ1) is 9.56. The standard InChI is InChI=1S/C12H20N4O2.CH4O/c1-7-5-16(9(3)14-8(7)2)12-4-10(15-13)11(6-17)18-12;1-2/h5,9-14,17H,2,4,6H2,1,3H3;2H,1H3. The van der Waals surface area contributed by atoms with E-state index in [-0.39, 0.29) is 31.1 Å². The van der Waals surface area contributed by atoms with Crippen molar-refractivity contribution >= 4 is 0 Å². The average molecular weight is 284 g/mol. The molecule has 20 heavy (non-hydrogen) atoms. The fourth-order valence-electron chi connectivity index (χ4n) is 2.39. The van der Waals surface area contributed by atoms with Crippen molar-refractivity contribution in [3.05, 3.63) is 24.0 Å². The summed E-state index contributed by atoms with van der Waals surface area (Å²) in [5, 5.41) is 23.0. The Labute approximate surface area is 119 Å². The fraction of sp³-hybridized carbons (Fsp3) is 0.692. The zero-order valence-corrected chi connectivity index (χ0v) is 12.2. The zero-order valence-electron chi connectivity index (χ0n) is 12.2.